The number of allylic oxidation sites excluding steroid dienone is 1. The molecule has 0 aromatic heterocycles. The molecular formula is C17H23NO3. The van der Waals surface area contributed by atoms with Gasteiger partial charge in [-0.15, -0.1) is 0 Å². The van der Waals surface area contributed by atoms with Crippen LogP contribution >= 0.6 is 0 Å². The molecule has 4 heteroatoms. The molecule has 0 saturated heterocycles. The first kappa shape index (κ1) is 17.0. The number of carbonyl (C=O) groups is 2. The first-order chi connectivity index (χ1) is 10.0. The van der Waals surface area contributed by atoms with Crippen LogP contribution in [0, 0.1) is 5.92 Å². The van der Waals surface area contributed by atoms with Crippen molar-refractivity contribution in [3.8, 4) is 0 Å². The smallest absolute Gasteiger partial charge is 0.328 e. The molecule has 0 spiro atoms. The number of ether oxygens (including phenoxy) is 1. The summed E-state index contributed by atoms with van der Waals surface area (Å²) in [5.41, 5.74) is 0.976. The SMILES string of the molecule is CCOC(=O)[C@H](Cc1ccccc1)NC(=O)/C=C/C(C)C. The molecule has 0 unspecified atom stereocenters. The molecule has 0 aliphatic heterocycles. The fraction of sp³-hybridized carbons (Fsp3) is 0.412. The van der Waals surface area contributed by atoms with Gasteiger partial charge in [0.15, 0.2) is 0 Å². The fourth-order valence-electron chi connectivity index (χ4n) is 1.79. The van der Waals surface area contributed by atoms with Crippen LogP contribution in [-0.2, 0) is 20.7 Å². The monoisotopic (exact) mass is 289 g/mol. The molecule has 0 bridgehead atoms. The van der Waals surface area contributed by atoms with E-state index in [1.54, 1.807) is 13.0 Å². The Morgan fingerprint density at radius 2 is 1.90 bits per heavy atom. The normalized spacial score (nSPS) is 12.4. The largest absolute Gasteiger partial charge is 0.464 e. The highest BCUT2D eigenvalue weighted by molar-refractivity contribution is 5.91. The molecule has 21 heavy (non-hydrogen) atoms. The molecule has 0 aliphatic carbocycles. The third-order valence-corrected chi connectivity index (χ3v) is 2.80. The second-order valence-electron chi connectivity index (χ2n) is 5.11. The van der Waals surface area contributed by atoms with Crippen molar-refractivity contribution in [1.29, 1.82) is 0 Å². The molecule has 0 fully saturated rings. The Labute approximate surface area is 126 Å². The Balaban J connectivity index is 2.73. The summed E-state index contributed by atoms with van der Waals surface area (Å²) in [7, 11) is 0. The van der Waals surface area contributed by atoms with Crippen LogP contribution < -0.4 is 5.32 Å². The van der Waals surface area contributed by atoms with Crippen molar-refractivity contribution in [3.05, 3.63) is 48.0 Å². The summed E-state index contributed by atoms with van der Waals surface area (Å²) in [6.07, 6.45) is 3.67. The van der Waals surface area contributed by atoms with Crippen molar-refractivity contribution < 1.29 is 14.3 Å². The van der Waals surface area contributed by atoms with Gasteiger partial charge in [-0.05, 0) is 24.5 Å². The van der Waals surface area contributed by atoms with E-state index in [1.165, 1.54) is 6.08 Å². The number of hydrogen-bond donors (Lipinski definition) is 1. The van der Waals surface area contributed by atoms with Gasteiger partial charge in [-0.25, -0.2) is 4.79 Å². The molecule has 1 aromatic rings. The van der Waals surface area contributed by atoms with Crippen molar-refractivity contribution in [2.75, 3.05) is 6.61 Å². The molecular weight excluding hydrogens is 266 g/mol. The van der Waals surface area contributed by atoms with Gasteiger partial charge in [0.05, 0.1) is 6.61 Å². The molecule has 0 saturated carbocycles. The summed E-state index contributed by atoms with van der Waals surface area (Å²) in [5, 5.41) is 2.71. The number of benzene rings is 1. The van der Waals surface area contributed by atoms with E-state index in [-0.39, 0.29) is 11.8 Å². The van der Waals surface area contributed by atoms with Crippen molar-refractivity contribution in [3.63, 3.8) is 0 Å². The van der Waals surface area contributed by atoms with E-state index < -0.39 is 12.0 Å². The highest BCUT2D eigenvalue weighted by Gasteiger charge is 2.21. The lowest BCUT2D eigenvalue weighted by molar-refractivity contribution is -0.147. The van der Waals surface area contributed by atoms with Gasteiger partial charge in [0, 0.05) is 6.42 Å². The Morgan fingerprint density at radius 3 is 2.48 bits per heavy atom. The molecule has 1 N–H and O–H groups in total. The molecule has 4 nitrogen and oxygen atoms in total. The van der Waals surface area contributed by atoms with Crippen molar-refractivity contribution in [2.45, 2.75) is 33.2 Å². The Hall–Kier alpha value is -2.10. The van der Waals surface area contributed by atoms with E-state index >= 15 is 0 Å². The standard InChI is InChI=1S/C17H23NO3/c1-4-21-17(20)15(12-14-8-6-5-7-9-14)18-16(19)11-10-13(2)3/h5-11,13,15H,4,12H2,1-3H3,(H,18,19)/b11-10+/t15-/m0/s1. The van der Waals surface area contributed by atoms with Crippen LogP contribution in [0.1, 0.15) is 26.3 Å². The predicted molar refractivity (Wildman–Crippen MR) is 82.7 cm³/mol. The number of rotatable bonds is 7. The van der Waals surface area contributed by atoms with Gasteiger partial charge < -0.3 is 10.1 Å². The van der Waals surface area contributed by atoms with E-state index in [2.05, 4.69) is 5.32 Å². The van der Waals surface area contributed by atoms with E-state index in [0.717, 1.165) is 5.56 Å². The lowest BCUT2D eigenvalue weighted by Gasteiger charge is -2.16. The summed E-state index contributed by atoms with van der Waals surface area (Å²) in [4.78, 5) is 23.8. The maximum atomic E-state index is 12.0. The van der Waals surface area contributed by atoms with Crippen LogP contribution in [0.5, 0.6) is 0 Å². The van der Waals surface area contributed by atoms with Crippen molar-refractivity contribution in [1.82, 2.24) is 5.32 Å². The van der Waals surface area contributed by atoms with Crippen LogP contribution in [0.15, 0.2) is 42.5 Å². The Morgan fingerprint density at radius 1 is 1.24 bits per heavy atom. The zero-order valence-corrected chi connectivity index (χ0v) is 12.8. The molecule has 0 heterocycles. The fourth-order valence-corrected chi connectivity index (χ4v) is 1.79. The summed E-state index contributed by atoms with van der Waals surface area (Å²) in [6, 6.07) is 8.88. The minimum absolute atomic E-state index is 0.280. The molecule has 1 rings (SSSR count). The highest BCUT2D eigenvalue weighted by atomic mass is 16.5. The van der Waals surface area contributed by atoms with Crippen LogP contribution in [0.25, 0.3) is 0 Å². The maximum Gasteiger partial charge on any atom is 0.328 e. The van der Waals surface area contributed by atoms with Gasteiger partial charge in [0.2, 0.25) is 5.91 Å². The molecule has 0 aliphatic rings. The van der Waals surface area contributed by atoms with Crippen LogP contribution in [-0.4, -0.2) is 24.5 Å². The number of hydrogen-bond acceptors (Lipinski definition) is 3. The van der Waals surface area contributed by atoms with E-state index in [1.807, 2.05) is 44.2 Å². The van der Waals surface area contributed by atoms with Gasteiger partial charge >= 0.3 is 5.97 Å². The second-order valence-corrected chi connectivity index (χ2v) is 5.11. The highest BCUT2D eigenvalue weighted by Crippen LogP contribution is 2.05. The van der Waals surface area contributed by atoms with Crippen LogP contribution in [0.3, 0.4) is 0 Å². The second kappa shape index (κ2) is 8.95. The van der Waals surface area contributed by atoms with E-state index in [9.17, 15) is 9.59 Å². The summed E-state index contributed by atoms with van der Waals surface area (Å²) in [5.74, 6) is -0.406. The van der Waals surface area contributed by atoms with Gasteiger partial charge in [-0.3, -0.25) is 4.79 Å². The zero-order valence-electron chi connectivity index (χ0n) is 12.8. The van der Waals surface area contributed by atoms with Crippen molar-refractivity contribution >= 4 is 11.9 Å². The van der Waals surface area contributed by atoms with Gasteiger partial charge in [-0.2, -0.15) is 0 Å². The Kier molecular flexibility index (Phi) is 7.23. The summed E-state index contributed by atoms with van der Waals surface area (Å²) >= 11 is 0. The number of esters is 1. The van der Waals surface area contributed by atoms with Gasteiger partial charge in [0.1, 0.15) is 6.04 Å². The zero-order chi connectivity index (χ0) is 15.7. The lowest BCUT2D eigenvalue weighted by atomic mass is 10.1. The van der Waals surface area contributed by atoms with E-state index in [4.69, 9.17) is 4.74 Å². The Bertz CT molecular complexity index is 480. The molecule has 1 amide bonds. The summed E-state index contributed by atoms with van der Waals surface area (Å²) < 4.78 is 5.02. The summed E-state index contributed by atoms with van der Waals surface area (Å²) in [6.45, 7) is 6.01. The number of carbonyl (C=O) groups excluding carboxylic acids is 2. The average molecular weight is 289 g/mol. The number of nitrogens with one attached hydrogen (secondary N) is 1. The molecule has 1 aromatic carbocycles. The van der Waals surface area contributed by atoms with Gasteiger partial charge in [0.25, 0.3) is 0 Å². The van der Waals surface area contributed by atoms with Crippen LogP contribution in [0.4, 0.5) is 0 Å². The predicted octanol–water partition coefficient (Wildman–Crippen LogP) is 2.49. The van der Waals surface area contributed by atoms with Gasteiger partial charge in [-0.1, -0.05) is 50.3 Å². The molecule has 1 atom stereocenters. The maximum absolute atomic E-state index is 12.0. The average Bonchev–Trinajstić information content (AvgIpc) is 2.46. The van der Waals surface area contributed by atoms with Crippen LogP contribution in [0.2, 0.25) is 0 Å². The first-order valence-corrected chi connectivity index (χ1v) is 7.22. The lowest BCUT2D eigenvalue weighted by Crippen LogP contribution is -2.42. The molecule has 114 valence electrons. The quantitative estimate of drug-likeness (QED) is 0.620. The van der Waals surface area contributed by atoms with Crippen molar-refractivity contribution in [2.24, 2.45) is 5.92 Å². The minimum atomic E-state index is -0.670. The first-order valence-electron chi connectivity index (χ1n) is 7.22. The third kappa shape index (κ3) is 6.75. The minimum Gasteiger partial charge on any atom is -0.464 e. The van der Waals surface area contributed by atoms with E-state index in [0.29, 0.717) is 13.0 Å². The number of amides is 1. The molecule has 0 radical (unpaired) electrons. The third-order valence-electron chi connectivity index (χ3n) is 2.80. The topological polar surface area (TPSA) is 55.4 Å².